The summed E-state index contributed by atoms with van der Waals surface area (Å²) in [5.41, 5.74) is 0. The highest BCUT2D eigenvalue weighted by Gasteiger charge is 2.44. The van der Waals surface area contributed by atoms with Crippen LogP contribution in [0.3, 0.4) is 0 Å². The van der Waals surface area contributed by atoms with Crippen LogP contribution in [0, 0.1) is 0 Å². The van der Waals surface area contributed by atoms with Gasteiger partial charge in [-0.25, -0.2) is 0 Å². The minimum Gasteiger partial charge on any atom is -0.457 e. The van der Waals surface area contributed by atoms with E-state index in [0.717, 1.165) is 96.3 Å². The summed E-state index contributed by atoms with van der Waals surface area (Å²) in [6, 6.07) is 0. The number of hydrogen-bond donors (Lipinski definition) is 4. The second kappa shape index (κ2) is 47.4. The van der Waals surface area contributed by atoms with Crippen LogP contribution >= 0.6 is 0 Å². The fraction of sp³-hybridized carbons (Fsp3) is 0.737. The minimum absolute atomic E-state index is 0.126. The molecule has 0 saturated carbocycles. The first-order valence-electron chi connectivity index (χ1n) is 26.7. The molecule has 0 spiro atoms. The van der Waals surface area contributed by atoms with Crippen LogP contribution in [0.1, 0.15) is 206 Å². The maximum absolute atomic E-state index is 12.9. The molecule has 66 heavy (non-hydrogen) atoms. The summed E-state index contributed by atoms with van der Waals surface area (Å²) >= 11 is 0. The van der Waals surface area contributed by atoms with Crippen LogP contribution in [0.25, 0.3) is 0 Å². The summed E-state index contributed by atoms with van der Waals surface area (Å²) in [5, 5.41) is 40.3. The lowest BCUT2D eigenvalue weighted by atomic mass is 9.99. The van der Waals surface area contributed by atoms with Crippen molar-refractivity contribution in [1.82, 2.24) is 0 Å². The number of carbonyl (C=O) groups is 1. The van der Waals surface area contributed by atoms with Crippen molar-refractivity contribution >= 4 is 5.97 Å². The van der Waals surface area contributed by atoms with Gasteiger partial charge in [-0.05, 0) is 89.9 Å². The van der Waals surface area contributed by atoms with Crippen LogP contribution in [0.2, 0.25) is 0 Å². The van der Waals surface area contributed by atoms with Gasteiger partial charge in [0.25, 0.3) is 0 Å². The molecule has 0 aromatic rings. The van der Waals surface area contributed by atoms with E-state index >= 15 is 0 Å². The van der Waals surface area contributed by atoms with Gasteiger partial charge in [-0.15, -0.1) is 0 Å². The SMILES string of the molecule is CC/C=C\C/C=C\C/C=C\C/C=C\CCCCCCCCCCCOCC(COC1OC(CO)C(O)C(O)C1O)OC(=O)CCCCCCCC/C=C\C/C=C\C/C=C\CCCCCCC. The fourth-order valence-electron chi connectivity index (χ4n) is 7.67. The fourth-order valence-corrected chi connectivity index (χ4v) is 7.67. The molecule has 0 amide bonds. The quantitative estimate of drug-likeness (QED) is 0.0267. The topological polar surface area (TPSA) is 135 Å². The monoisotopic (exact) mass is 927 g/mol. The molecule has 380 valence electrons. The van der Waals surface area contributed by atoms with Crippen LogP contribution < -0.4 is 0 Å². The molecule has 1 saturated heterocycles. The van der Waals surface area contributed by atoms with Crippen molar-refractivity contribution in [2.75, 3.05) is 26.4 Å². The molecule has 9 heteroatoms. The van der Waals surface area contributed by atoms with Crippen molar-refractivity contribution in [2.45, 2.75) is 243 Å². The first-order valence-corrected chi connectivity index (χ1v) is 26.7. The van der Waals surface area contributed by atoms with Crippen molar-refractivity contribution in [1.29, 1.82) is 0 Å². The zero-order valence-corrected chi connectivity index (χ0v) is 41.9. The third-order valence-electron chi connectivity index (χ3n) is 11.8. The summed E-state index contributed by atoms with van der Waals surface area (Å²) in [5.74, 6) is -0.330. The number of carbonyl (C=O) groups excluding carboxylic acids is 1. The van der Waals surface area contributed by atoms with E-state index in [-0.39, 0.29) is 19.2 Å². The molecule has 0 aromatic heterocycles. The molecule has 0 radical (unpaired) electrons. The van der Waals surface area contributed by atoms with Gasteiger partial charge in [-0.3, -0.25) is 4.79 Å². The lowest BCUT2D eigenvalue weighted by molar-refractivity contribution is -0.305. The van der Waals surface area contributed by atoms with Gasteiger partial charge >= 0.3 is 5.97 Å². The van der Waals surface area contributed by atoms with E-state index in [1.165, 1.54) is 89.9 Å². The molecule has 1 aliphatic heterocycles. The van der Waals surface area contributed by atoms with Crippen LogP contribution in [-0.2, 0) is 23.7 Å². The molecule has 0 aliphatic carbocycles. The molecular formula is C57H98O9. The van der Waals surface area contributed by atoms with E-state index < -0.39 is 43.4 Å². The zero-order valence-electron chi connectivity index (χ0n) is 41.9. The molecule has 1 aliphatic rings. The Morgan fingerprint density at radius 2 is 0.924 bits per heavy atom. The number of unbranched alkanes of at least 4 members (excludes halogenated alkanes) is 20. The summed E-state index contributed by atoms with van der Waals surface area (Å²) in [7, 11) is 0. The molecule has 9 nitrogen and oxygen atoms in total. The normalized spacial score (nSPS) is 20.0. The second-order valence-electron chi connectivity index (χ2n) is 17.9. The standard InChI is InChI=1S/C57H98O9/c1-3-5-7-9-11-13-15-17-19-21-23-25-27-29-31-33-35-37-39-41-43-45-47-63-49-51(50-64-57-56(62)55(61)54(60)52(48-58)66-57)65-53(59)46-44-42-40-38-36-34-32-30-28-26-24-22-20-18-16-14-12-10-8-6-4-2/h5,7,11,13,16-19,22-25,28,30,51-52,54-58,60-62H,3-4,6,8-10,12,14-15,20-21,26-27,29,31-50H2,1-2H3/b7-5-,13-11-,18-16-,19-17-,24-22-,25-23-,30-28-. The van der Waals surface area contributed by atoms with Gasteiger partial charge in [0.2, 0.25) is 0 Å². The van der Waals surface area contributed by atoms with E-state index in [2.05, 4.69) is 98.9 Å². The Balaban J connectivity index is 2.22. The van der Waals surface area contributed by atoms with E-state index in [9.17, 15) is 25.2 Å². The van der Waals surface area contributed by atoms with Crippen molar-refractivity contribution in [3.8, 4) is 0 Å². The number of hydrogen-bond acceptors (Lipinski definition) is 9. The van der Waals surface area contributed by atoms with Gasteiger partial charge in [-0.1, -0.05) is 195 Å². The van der Waals surface area contributed by atoms with E-state index in [1.54, 1.807) is 0 Å². The van der Waals surface area contributed by atoms with Gasteiger partial charge in [0.05, 0.1) is 19.8 Å². The molecule has 4 N–H and O–H groups in total. The van der Waals surface area contributed by atoms with Crippen LogP contribution in [0.4, 0.5) is 0 Å². The van der Waals surface area contributed by atoms with Gasteiger partial charge in [0, 0.05) is 13.0 Å². The third-order valence-corrected chi connectivity index (χ3v) is 11.8. The Morgan fingerprint density at radius 1 is 0.500 bits per heavy atom. The van der Waals surface area contributed by atoms with Gasteiger partial charge < -0.3 is 39.4 Å². The average Bonchev–Trinajstić information content (AvgIpc) is 3.32. The van der Waals surface area contributed by atoms with Crippen LogP contribution in [-0.4, -0.2) is 89.6 Å². The molecule has 1 rings (SSSR count). The molecule has 0 aromatic carbocycles. The summed E-state index contributed by atoms with van der Waals surface area (Å²) in [4.78, 5) is 12.9. The molecule has 1 heterocycles. The van der Waals surface area contributed by atoms with Gasteiger partial charge in [-0.2, -0.15) is 0 Å². The number of ether oxygens (including phenoxy) is 4. The molecule has 6 atom stereocenters. The van der Waals surface area contributed by atoms with Gasteiger partial charge in [0.1, 0.15) is 30.5 Å². The largest absolute Gasteiger partial charge is 0.457 e. The Morgan fingerprint density at radius 3 is 1.39 bits per heavy atom. The van der Waals surface area contributed by atoms with Crippen LogP contribution in [0.15, 0.2) is 85.1 Å². The lowest BCUT2D eigenvalue weighted by Gasteiger charge is -2.39. The first kappa shape index (κ1) is 61.4. The smallest absolute Gasteiger partial charge is 0.306 e. The maximum Gasteiger partial charge on any atom is 0.306 e. The van der Waals surface area contributed by atoms with Crippen molar-refractivity contribution in [3.63, 3.8) is 0 Å². The Kier molecular flexibility index (Phi) is 44.1. The van der Waals surface area contributed by atoms with E-state index in [4.69, 9.17) is 18.9 Å². The predicted octanol–water partition coefficient (Wildman–Crippen LogP) is 13.4. The highest BCUT2D eigenvalue weighted by Crippen LogP contribution is 2.23. The van der Waals surface area contributed by atoms with Crippen molar-refractivity contribution in [2.24, 2.45) is 0 Å². The molecular weight excluding hydrogens is 829 g/mol. The minimum atomic E-state index is -1.55. The Labute approximate surface area is 403 Å². The molecule has 0 bridgehead atoms. The summed E-state index contributed by atoms with van der Waals surface area (Å²) in [6.07, 6.45) is 57.5. The van der Waals surface area contributed by atoms with E-state index in [0.29, 0.717) is 13.0 Å². The number of aliphatic hydroxyl groups excluding tert-OH is 4. The predicted molar refractivity (Wildman–Crippen MR) is 274 cm³/mol. The van der Waals surface area contributed by atoms with Gasteiger partial charge in [0.15, 0.2) is 6.29 Å². The van der Waals surface area contributed by atoms with Crippen molar-refractivity contribution < 1.29 is 44.2 Å². The number of allylic oxidation sites excluding steroid dienone is 14. The third kappa shape index (κ3) is 37.4. The average molecular weight is 927 g/mol. The highest BCUT2D eigenvalue weighted by molar-refractivity contribution is 5.69. The second-order valence-corrected chi connectivity index (χ2v) is 17.9. The maximum atomic E-state index is 12.9. The number of aliphatic hydroxyl groups is 4. The first-order chi connectivity index (χ1) is 32.4. The Bertz CT molecular complexity index is 1280. The molecule has 6 unspecified atom stereocenters. The zero-order chi connectivity index (χ0) is 47.8. The lowest BCUT2D eigenvalue weighted by Crippen LogP contribution is -2.59. The summed E-state index contributed by atoms with van der Waals surface area (Å²) in [6.45, 7) is 4.41. The number of esters is 1. The summed E-state index contributed by atoms with van der Waals surface area (Å²) < 4.78 is 22.9. The van der Waals surface area contributed by atoms with Crippen LogP contribution in [0.5, 0.6) is 0 Å². The highest BCUT2D eigenvalue weighted by atomic mass is 16.7. The van der Waals surface area contributed by atoms with Crippen molar-refractivity contribution in [3.05, 3.63) is 85.1 Å². The Hall–Kier alpha value is -2.63. The molecule has 1 fully saturated rings. The van der Waals surface area contributed by atoms with E-state index in [1.807, 2.05) is 0 Å². The number of rotatable bonds is 45.